The van der Waals surface area contributed by atoms with Gasteiger partial charge < -0.3 is 15.4 Å². The van der Waals surface area contributed by atoms with Crippen LogP contribution in [-0.4, -0.2) is 44.3 Å². The minimum absolute atomic E-state index is 0.596. The summed E-state index contributed by atoms with van der Waals surface area (Å²) in [5.41, 5.74) is 5.56. The Morgan fingerprint density at radius 3 is 2.40 bits per heavy atom. The highest BCUT2D eigenvalue weighted by Gasteiger charge is 2.14. The van der Waals surface area contributed by atoms with Crippen molar-refractivity contribution in [3.8, 4) is 0 Å². The Labute approximate surface area is 95.0 Å². The van der Waals surface area contributed by atoms with Crippen LogP contribution in [0.5, 0.6) is 0 Å². The second-order valence-corrected chi connectivity index (χ2v) is 4.66. The van der Waals surface area contributed by atoms with Crippen molar-refractivity contribution in [1.82, 2.24) is 4.90 Å². The summed E-state index contributed by atoms with van der Waals surface area (Å²) < 4.78 is 5.12. The van der Waals surface area contributed by atoms with Crippen LogP contribution in [0, 0.1) is 5.92 Å². The average Bonchev–Trinajstić information content (AvgIpc) is 2.20. The van der Waals surface area contributed by atoms with Crippen molar-refractivity contribution in [3.63, 3.8) is 0 Å². The molecule has 3 nitrogen and oxygen atoms in total. The van der Waals surface area contributed by atoms with Crippen molar-refractivity contribution < 1.29 is 4.74 Å². The Hall–Kier alpha value is -0.120. The normalized spacial score (nSPS) is 13.8. The molecule has 0 bridgehead atoms. The van der Waals surface area contributed by atoms with Gasteiger partial charge in [0.2, 0.25) is 0 Å². The Balaban J connectivity index is 3.95. The fourth-order valence-corrected chi connectivity index (χ4v) is 1.73. The van der Waals surface area contributed by atoms with Gasteiger partial charge in [0.25, 0.3) is 0 Å². The van der Waals surface area contributed by atoms with Crippen molar-refractivity contribution in [3.05, 3.63) is 0 Å². The summed E-state index contributed by atoms with van der Waals surface area (Å²) in [5, 5.41) is 0. The fraction of sp³-hybridized carbons (Fsp3) is 1.00. The number of methoxy groups -OCH3 is 1. The number of nitrogens with two attached hydrogens (primary N) is 1. The van der Waals surface area contributed by atoms with Gasteiger partial charge in [-0.25, -0.2) is 0 Å². The second-order valence-electron chi connectivity index (χ2n) is 4.66. The summed E-state index contributed by atoms with van der Waals surface area (Å²) in [6.07, 6.45) is 2.19. The predicted molar refractivity (Wildman–Crippen MR) is 66.0 cm³/mol. The second kappa shape index (κ2) is 9.13. The number of ether oxygens (including phenoxy) is 1. The lowest BCUT2D eigenvalue weighted by Gasteiger charge is -2.30. The van der Waals surface area contributed by atoms with E-state index >= 15 is 0 Å². The summed E-state index contributed by atoms with van der Waals surface area (Å²) in [6, 6.07) is 0.596. The van der Waals surface area contributed by atoms with E-state index in [1.807, 2.05) is 0 Å². The topological polar surface area (TPSA) is 38.5 Å². The maximum Gasteiger partial charge on any atom is 0.0477 e. The highest BCUT2D eigenvalue weighted by molar-refractivity contribution is 4.68. The molecule has 0 aromatic rings. The van der Waals surface area contributed by atoms with E-state index in [2.05, 4.69) is 25.7 Å². The van der Waals surface area contributed by atoms with Gasteiger partial charge >= 0.3 is 0 Å². The van der Waals surface area contributed by atoms with Crippen molar-refractivity contribution in [2.24, 2.45) is 11.7 Å². The first-order chi connectivity index (χ1) is 7.11. The molecule has 0 radical (unpaired) electrons. The third-order valence-corrected chi connectivity index (χ3v) is 2.61. The molecule has 0 amide bonds. The van der Waals surface area contributed by atoms with Gasteiger partial charge in [-0.2, -0.15) is 0 Å². The molecule has 0 aromatic carbocycles. The Bertz CT molecular complexity index is 140. The van der Waals surface area contributed by atoms with E-state index in [9.17, 15) is 0 Å². The lowest BCUT2D eigenvalue weighted by molar-refractivity contribution is 0.128. The van der Waals surface area contributed by atoms with Crippen LogP contribution in [0.25, 0.3) is 0 Å². The predicted octanol–water partition coefficient (Wildman–Crippen LogP) is 1.72. The summed E-state index contributed by atoms with van der Waals surface area (Å²) in [6.45, 7) is 10.7. The van der Waals surface area contributed by atoms with Crippen molar-refractivity contribution >= 4 is 0 Å². The first-order valence-electron chi connectivity index (χ1n) is 6.04. The first-order valence-corrected chi connectivity index (χ1v) is 6.04. The minimum Gasteiger partial charge on any atom is -0.385 e. The summed E-state index contributed by atoms with van der Waals surface area (Å²) in [4.78, 5) is 2.52. The molecule has 0 rings (SSSR count). The Morgan fingerprint density at radius 1 is 1.27 bits per heavy atom. The molecule has 1 unspecified atom stereocenters. The van der Waals surface area contributed by atoms with Gasteiger partial charge in [0.1, 0.15) is 0 Å². The van der Waals surface area contributed by atoms with Crippen molar-refractivity contribution in [2.45, 2.75) is 39.7 Å². The maximum atomic E-state index is 5.56. The molecule has 92 valence electrons. The Kier molecular flexibility index (Phi) is 9.06. The van der Waals surface area contributed by atoms with E-state index in [4.69, 9.17) is 10.5 Å². The quantitative estimate of drug-likeness (QED) is 0.638. The van der Waals surface area contributed by atoms with Gasteiger partial charge in [-0.3, -0.25) is 0 Å². The summed E-state index contributed by atoms with van der Waals surface area (Å²) >= 11 is 0. The van der Waals surface area contributed by atoms with Gasteiger partial charge in [0.15, 0.2) is 0 Å². The highest BCUT2D eigenvalue weighted by atomic mass is 16.5. The van der Waals surface area contributed by atoms with Gasteiger partial charge in [-0.15, -0.1) is 0 Å². The Morgan fingerprint density at radius 2 is 1.93 bits per heavy atom. The average molecular weight is 216 g/mol. The zero-order valence-corrected chi connectivity index (χ0v) is 10.8. The molecule has 0 saturated carbocycles. The summed E-state index contributed by atoms with van der Waals surface area (Å²) in [5.74, 6) is 0.716. The van der Waals surface area contributed by atoms with Gasteiger partial charge in [-0.05, 0) is 38.8 Å². The molecule has 0 aliphatic heterocycles. The molecule has 0 aliphatic carbocycles. The highest BCUT2D eigenvalue weighted by Crippen LogP contribution is 2.08. The van der Waals surface area contributed by atoms with E-state index in [1.165, 1.54) is 0 Å². The van der Waals surface area contributed by atoms with Crippen LogP contribution < -0.4 is 5.73 Å². The van der Waals surface area contributed by atoms with E-state index in [0.29, 0.717) is 12.0 Å². The molecule has 0 spiro atoms. The third-order valence-electron chi connectivity index (χ3n) is 2.61. The summed E-state index contributed by atoms with van der Waals surface area (Å²) in [7, 11) is 1.76. The monoisotopic (exact) mass is 216 g/mol. The van der Waals surface area contributed by atoms with Crippen LogP contribution in [0.2, 0.25) is 0 Å². The van der Waals surface area contributed by atoms with E-state index in [0.717, 1.165) is 39.1 Å². The van der Waals surface area contributed by atoms with E-state index < -0.39 is 0 Å². The molecule has 3 heteroatoms. The maximum absolute atomic E-state index is 5.56. The molecule has 1 atom stereocenters. The molecule has 15 heavy (non-hydrogen) atoms. The zero-order valence-electron chi connectivity index (χ0n) is 10.8. The SMILES string of the molecule is COCCC(C)N(CCCN)CC(C)C. The fourth-order valence-electron chi connectivity index (χ4n) is 1.73. The molecule has 2 N–H and O–H groups in total. The largest absolute Gasteiger partial charge is 0.385 e. The van der Waals surface area contributed by atoms with Gasteiger partial charge in [0.05, 0.1) is 0 Å². The molecular formula is C12H28N2O. The lowest BCUT2D eigenvalue weighted by atomic mass is 10.1. The molecule has 0 aromatic heterocycles. The van der Waals surface area contributed by atoms with Crippen LogP contribution in [-0.2, 0) is 4.74 Å². The number of hydrogen-bond acceptors (Lipinski definition) is 3. The van der Waals surface area contributed by atoms with Gasteiger partial charge in [-0.1, -0.05) is 13.8 Å². The third kappa shape index (κ3) is 7.77. The van der Waals surface area contributed by atoms with Crippen LogP contribution in [0.15, 0.2) is 0 Å². The van der Waals surface area contributed by atoms with Crippen molar-refractivity contribution in [2.75, 3.05) is 33.4 Å². The molecule has 0 saturated heterocycles. The number of rotatable bonds is 9. The standard InChI is InChI=1S/C12H28N2O/c1-11(2)10-14(8-5-7-13)12(3)6-9-15-4/h11-12H,5-10,13H2,1-4H3. The van der Waals surface area contributed by atoms with Crippen LogP contribution in [0.3, 0.4) is 0 Å². The lowest BCUT2D eigenvalue weighted by Crippen LogP contribution is -2.38. The minimum atomic E-state index is 0.596. The van der Waals surface area contributed by atoms with Crippen LogP contribution in [0.1, 0.15) is 33.6 Å². The smallest absolute Gasteiger partial charge is 0.0477 e. The molecule has 0 heterocycles. The zero-order chi connectivity index (χ0) is 11.7. The molecule has 0 aliphatic rings. The van der Waals surface area contributed by atoms with E-state index in [1.54, 1.807) is 7.11 Å². The van der Waals surface area contributed by atoms with Crippen molar-refractivity contribution in [1.29, 1.82) is 0 Å². The number of nitrogens with zero attached hydrogens (tertiary/aromatic N) is 1. The molecule has 0 fully saturated rings. The van der Waals surface area contributed by atoms with Crippen LogP contribution in [0.4, 0.5) is 0 Å². The molecular weight excluding hydrogens is 188 g/mol. The van der Waals surface area contributed by atoms with Crippen LogP contribution >= 0.6 is 0 Å². The first kappa shape index (κ1) is 14.9. The van der Waals surface area contributed by atoms with Gasteiger partial charge in [0, 0.05) is 26.3 Å². The van der Waals surface area contributed by atoms with E-state index in [-0.39, 0.29) is 0 Å². The number of hydrogen-bond donors (Lipinski definition) is 1.